The molecule has 2 aromatic heterocycles. The second-order valence-corrected chi connectivity index (χ2v) is 9.19. The van der Waals surface area contributed by atoms with Crippen molar-refractivity contribution in [2.75, 3.05) is 17.9 Å². The van der Waals surface area contributed by atoms with E-state index in [2.05, 4.69) is 20.0 Å². The molecule has 0 spiro atoms. The SMILES string of the molecule is CCn1c(C)nc2cc(NS(=O)(=O)c3ccccc3)cc(C(=O)NCCOc3cccnc3)c21. The van der Waals surface area contributed by atoms with Gasteiger partial charge in [-0.3, -0.25) is 14.5 Å². The van der Waals surface area contributed by atoms with Crippen LogP contribution in [0.5, 0.6) is 5.75 Å². The molecule has 0 aliphatic carbocycles. The largest absolute Gasteiger partial charge is 0.490 e. The van der Waals surface area contributed by atoms with Gasteiger partial charge in [0.2, 0.25) is 0 Å². The minimum Gasteiger partial charge on any atom is -0.490 e. The number of pyridine rings is 1. The summed E-state index contributed by atoms with van der Waals surface area (Å²) < 4.78 is 35.7. The Bertz CT molecular complexity index is 1400. The number of amides is 1. The van der Waals surface area contributed by atoms with Crippen molar-refractivity contribution in [2.24, 2.45) is 0 Å². The Hall–Kier alpha value is -3.92. The molecule has 0 bridgehead atoms. The van der Waals surface area contributed by atoms with Crippen LogP contribution in [0, 0.1) is 6.92 Å². The Morgan fingerprint density at radius 3 is 2.62 bits per heavy atom. The van der Waals surface area contributed by atoms with Gasteiger partial charge in [-0.25, -0.2) is 13.4 Å². The molecule has 0 atom stereocenters. The summed E-state index contributed by atoms with van der Waals surface area (Å²) in [4.78, 5) is 21.8. The highest BCUT2D eigenvalue weighted by Gasteiger charge is 2.20. The molecule has 0 aliphatic heterocycles. The van der Waals surface area contributed by atoms with Gasteiger partial charge in [-0.05, 0) is 50.2 Å². The molecule has 0 saturated heterocycles. The molecule has 34 heavy (non-hydrogen) atoms. The van der Waals surface area contributed by atoms with Crippen molar-refractivity contribution in [3.63, 3.8) is 0 Å². The van der Waals surface area contributed by atoms with Crippen LogP contribution < -0.4 is 14.8 Å². The summed E-state index contributed by atoms with van der Waals surface area (Å²) in [5.74, 6) is 0.987. The van der Waals surface area contributed by atoms with Crippen molar-refractivity contribution in [3.05, 3.63) is 78.4 Å². The van der Waals surface area contributed by atoms with Gasteiger partial charge < -0.3 is 14.6 Å². The molecular formula is C24H25N5O4S. The van der Waals surface area contributed by atoms with E-state index in [0.29, 0.717) is 28.9 Å². The Morgan fingerprint density at radius 1 is 1.12 bits per heavy atom. The number of rotatable bonds is 9. The lowest BCUT2D eigenvalue weighted by Crippen LogP contribution is -2.28. The van der Waals surface area contributed by atoms with Crippen LogP contribution in [0.1, 0.15) is 23.1 Å². The van der Waals surface area contributed by atoms with Crippen molar-refractivity contribution in [1.82, 2.24) is 19.9 Å². The number of aryl methyl sites for hydroxylation is 2. The molecule has 2 aromatic carbocycles. The van der Waals surface area contributed by atoms with Crippen LogP contribution in [0.15, 0.2) is 71.9 Å². The average molecular weight is 480 g/mol. The Morgan fingerprint density at radius 2 is 1.91 bits per heavy atom. The molecule has 2 N–H and O–H groups in total. The molecule has 0 unspecified atom stereocenters. The summed E-state index contributed by atoms with van der Waals surface area (Å²) in [6.07, 6.45) is 3.24. The molecule has 10 heteroatoms. The molecule has 0 saturated carbocycles. The van der Waals surface area contributed by atoms with Gasteiger partial charge >= 0.3 is 0 Å². The lowest BCUT2D eigenvalue weighted by atomic mass is 10.1. The third-order valence-electron chi connectivity index (χ3n) is 5.19. The van der Waals surface area contributed by atoms with Crippen LogP contribution in [0.3, 0.4) is 0 Å². The van der Waals surface area contributed by atoms with Gasteiger partial charge in [0.15, 0.2) is 0 Å². The first kappa shape index (κ1) is 23.2. The molecule has 4 rings (SSSR count). The number of ether oxygens (including phenoxy) is 1. The number of nitrogens with zero attached hydrogens (tertiary/aromatic N) is 3. The zero-order valence-electron chi connectivity index (χ0n) is 18.9. The Labute approximate surface area is 197 Å². The lowest BCUT2D eigenvalue weighted by molar-refractivity contribution is 0.0948. The first-order valence-electron chi connectivity index (χ1n) is 10.8. The molecular weight excluding hydrogens is 454 g/mol. The van der Waals surface area contributed by atoms with E-state index in [-0.39, 0.29) is 29.6 Å². The fraction of sp³-hybridized carbons (Fsp3) is 0.208. The van der Waals surface area contributed by atoms with Crippen LogP contribution >= 0.6 is 0 Å². The second kappa shape index (κ2) is 9.92. The Balaban J connectivity index is 1.60. The molecule has 2 heterocycles. The fourth-order valence-corrected chi connectivity index (χ4v) is 4.74. The maximum absolute atomic E-state index is 13.1. The van der Waals surface area contributed by atoms with E-state index in [1.54, 1.807) is 48.8 Å². The van der Waals surface area contributed by atoms with Crippen molar-refractivity contribution in [3.8, 4) is 5.75 Å². The van der Waals surface area contributed by atoms with E-state index in [4.69, 9.17) is 4.74 Å². The maximum atomic E-state index is 13.1. The van der Waals surface area contributed by atoms with E-state index in [1.165, 1.54) is 18.2 Å². The minimum atomic E-state index is -3.83. The number of carbonyl (C=O) groups excluding carboxylic acids is 1. The summed E-state index contributed by atoms with van der Waals surface area (Å²) in [6.45, 7) is 4.94. The predicted octanol–water partition coefficient (Wildman–Crippen LogP) is 3.37. The van der Waals surface area contributed by atoms with E-state index < -0.39 is 10.0 Å². The van der Waals surface area contributed by atoms with Crippen LogP contribution in [-0.4, -0.2) is 42.0 Å². The van der Waals surface area contributed by atoms with Crippen LogP contribution in [0.4, 0.5) is 5.69 Å². The number of aromatic nitrogens is 3. The number of nitrogens with one attached hydrogen (secondary N) is 2. The van der Waals surface area contributed by atoms with Crippen molar-refractivity contribution in [2.45, 2.75) is 25.3 Å². The number of fused-ring (bicyclic) bond motifs is 1. The van der Waals surface area contributed by atoms with Gasteiger partial charge in [-0.15, -0.1) is 0 Å². The first-order valence-corrected chi connectivity index (χ1v) is 12.3. The van der Waals surface area contributed by atoms with Crippen LogP contribution in [-0.2, 0) is 16.6 Å². The lowest BCUT2D eigenvalue weighted by Gasteiger charge is -2.13. The quantitative estimate of drug-likeness (QED) is 0.356. The molecule has 176 valence electrons. The van der Waals surface area contributed by atoms with E-state index >= 15 is 0 Å². The highest BCUT2D eigenvalue weighted by Crippen LogP contribution is 2.27. The normalized spacial score (nSPS) is 11.4. The summed E-state index contributed by atoms with van der Waals surface area (Å²) in [7, 11) is -3.83. The first-order chi connectivity index (χ1) is 16.4. The highest BCUT2D eigenvalue weighted by atomic mass is 32.2. The number of sulfonamides is 1. The van der Waals surface area contributed by atoms with Gasteiger partial charge in [-0.2, -0.15) is 0 Å². The van der Waals surface area contributed by atoms with Gasteiger partial charge in [0.1, 0.15) is 18.2 Å². The average Bonchev–Trinajstić information content (AvgIpc) is 3.16. The zero-order chi connectivity index (χ0) is 24.1. The smallest absolute Gasteiger partial charge is 0.261 e. The number of benzene rings is 2. The summed E-state index contributed by atoms with van der Waals surface area (Å²) in [6, 6.07) is 14.8. The van der Waals surface area contributed by atoms with E-state index in [1.807, 2.05) is 18.4 Å². The number of hydrogen-bond donors (Lipinski definition) is 2. The number of carbonyl (C=O) groups is 1. The van der Waals surface area contributed by atoms with Gasteiger partial charge in [0, 0.05) is 12.7 Å². The number of hydrogen-bond acceptors (Lipinski definition) is 6. The van der Waals surface area contributed by atoms with E-state index in [0.717, 1.165) is 5.82 Å². The molecule has 1 amide bonds. The van der Waals surface area contributed by atoms with Crippen LogP contribution in [0.25, 0.3) is 11.0 Å². The number of anilines is 1. The summed E-state index contributed by atoms with van der Waals surface area (Å²) in [5.41, 5.74) is 1.76. The van der Waals surface area contributed by atoms with Gasteiger partial charge in [0.25, 0.3) is 15.9 Å². The predicted molar refractivity (Wildman–Crippen MR) is 129 cm³/mol. The third-order valence-corrected chi connectivity index (χ3v) is 6.59. The molecule has 4 aromatic rings. The zero-order valence-corrected chi connectivity index (χ0v) is 19.7. The van der Waals surface area contributed by atoms with E-state index in [9.17, 15) is 13.2 Å². The summed E-state index contributed by atoms with van der Waals surface area (Å²) in [5, 5.41) is 2.84. The third kappa shape index (κ3) is 5.01. The number of imidazole rings is 1. The molecule has 0 fully saturated rings. The molecule has 0 aliphatic rings. The maximum Gasteiger partial charge on any atom is 0.261 e. The van der Waals surface area contributed by atoms with Gasteiger partial charge in [-0.1, -0.05) is 18.2 Å². The van der Waals surface area contributed by atoms with Crippen molar-refractivity contribution >= 4 is 32.7 Å². The summed E-state index contributed by atoms with van der Waals surface area (Å²) >= 11 is 0. The molecule has 0 radical (unpaired) electrons. The van der Waals surface area contributed by atoms with Gasteiger partial charge in [0.05, 0.1) is 39.9 Å². The van der Waals surface area contributed by atoms with Crippen LogP contribution in [0.2, 0.25) is 0 Å². The minimum absolute atomic E-state index is 0.129. The highest BCUT2D eigenvalue weighted by molar-refractivity contribution is 7.92. The molecule has 9 nitrogen and oxygen atoms in total. The standard InChI is InChI=1S/C24H25N5O4S/c1-3-29-17(2)27-22-15-18(28-34(31,32)20-9-5-4-6-10-20)14-21(23(22)29)24(30)26-12-13-33-19-8-7-11-25-16-19/h4-11,14-16,28H,3,12-13H2,1-2H3,(H,26,30). The van der Waals surface area contributed by atoms with Crippen molar-refractivity contribution < 1.29 is 17.9 Å². The topological polar surface area (TPSA) is 115 Å². The second-order valence-electron chi connectivity index (χ2n) is 7.51. The van der Waals surface area contributed by atoms with Crippen molar-refractivity contribution in [1.29, 1.82) is 0 Å². The fourth-order valence-electron chi connectivity index (χ4n) is 3.68. The Kier molecular flexibility index (Phi) is 6.78. The monoisotopic (exact) mass is 479 g/mol.